The van der Waals surface area contributed by atoms with Crippen molar-refractivity contribution in [3.05, 3.63) is 72.1 Å². The van der Waals surface area contributed by atoms with Crippen LogP contribution in [0.3, 0.4) is 0 Å². The third kappa shape index (κ3) is 8.12. The average Bonchev–Trinajstić information content (AvgIpc) is 3.10. The van der Waals surface area contributed by atoms with Gasteiger partial charge in [0.05, 0.1) is 12.2 Å². The van der Waals surface area contributed by atoms with Crippen LogP contribution in [-0.2, 0) is 18.5 Å². The van der Waals surface area contributed by atoms with Gasteiger partial charge in [-0.3, -0.25) is 0 Å². The van der Waals surface area contributed by atoms with Gasteiger partial charge >= 0.3 is 0 Å². The number of allylic oxidation sites excluding steroid dienone is 1. The molecule has 1 heterocycles. The van der Waals surface area contributed by atoms with Gasteiger partial charge in [-0.25, -0.2) is 0 Å². The number of aromatic nitrogens is 1. The molecule has 1 aromatic carbocycles. The van der Waals surface area contributed by atoms with Crippen molar-refractivity contribution in [2.24, 2.45) is 5.92 Å². The first-order valence-electron chi connectivity index (χ1n) is 11.5. The summed E-state index contributed by atoms with van der Waals surface area (Å²) in [7, 11) is 0. The zero-order valence-electron chi connectivity index (χ0n) is 19.8. The second-order valence-electron chi connectivity index (χ2n) is 10.2. The van der Waals surface area contributed by atoms with E-state index in [1.54, 1.807) is 0 Å². The quantitative estimate of drug-likeness (QED) is 0.492. The molecule has 1 unspecified atom stereocenters. The van der Waals surface area contributed by atoms with Crippen LogP contribution in [0.5, 0.6) is 0 Å². The molecule has 2 rings (SSSR count). The highest BCUT2D eigenvalue weighted by Gasteiger charge is 2.18. The molecule has 0 aliphatic rings. The van der Waals surface area contributed by atoms with Gasteiger partial charge in [0.1, 0.15) is 19.2 Å². The fraction of sp³-hybridized carbons (Fsp3) is 0.556. The topological polar surface area (TPSA) is 29.6 Å². The molecule has 2 atom stereocenters. The molecule has 3 heteroatoms. The molecule has 0 aliphatic carbocycles. The van der Waals surface area contributed by atoms with E-state index in [-0.39, 0.29) is 11.5 Å². The van der Waals surface area contributed by atoms with E-state index in [9.17, 15) is 5.11 Å². The highest BCUT2D eigenvalue weighted by molar-refractivity contribution is 5.28. The average molecular weight is 412 g/mol. The van der Waals surface area contributed by atoms with Gasteiger partial charge in [-0.05, 0) is 53.9 Å². The number of quaternary nitrogens is 1. The summed E-state index contributed by atoms with van der Waals surface area (Å²) in [6, 6.07) is 13.4. The van der Waals surface area contributed by atoms with Crippen molar-refractivity contribution < 1.29 is 10.0 Å². The minimum absolute atomic E-state index is 0.184. The van der Waals surface area contributed by atoms with Gasteiger partial charge in [-0.15, -0.1) is 6.58 Å². The SMILES string of the molecule is C=CCC[C@@H](O)C[NH+](CCC(C)C)Cc1cccn1Cc1ccc(C(C)(C)C)cc1. The summed E-state index contributed by atoms with van der Waals surface area (Å²) >= 11 is 0. The Morgan fingerprint density at radius 1 is 1.10 bits per heavy atom. The maximum Gasteiger partial charge on any atom is 0.118 e. The number of rotatable bonds is 12. The number of hydrogen-bond acceptors (Lipinski definition) is 1. The molecule has 3 nitrogen and oxygen atoms in total. The lowest BCUT2D eigenvalue weighted by Crippen LogP contribution is -3.12. The van der Waals surface area contributed by atoms with E-state index in [0.717, 1.165) is 39.0 Å². The van der Waals surface area contributed by atoms with Crippen molar-refractivity contribution in [3.63, 3.8) is 0 Å². The number of aliphatic hydroxyl groups is 1. The van der Waals surface area contributed by atoms with Crippen LogP contribution < -0.4 is 4.90 Å². The maximum absolute atomic E-state index is 10.5. The zero-order chi connectivity index (χ0) is 22.1. The Bertz CT molecular complexity index is 752. The van der Waals surface area contributed by atoms with Gasteiger partial charge in [-0.1, -0.05) is 65.0 Å². The van der Waals surface area contributed by atoms with E-state index in [1.807, 2.05) is 6.08 Å². The molecule has 0 fully saturated rings. The summed E-state index contributed by atoms with van der Waals surface area (Å²) in [6.07, 6.45) is 6.67. The number of nitrogens with one attached hydrogen (secondary N) is 1. The molecule has 0 aliphatic heterocycles. The molecular formula is C27H43N2O+. The third-order valence-electron chi connectivity index (χ3n) is 5.83. The largest absolute Gasteiger partial charge is 0.387 e. The van der Waals surface area contributed by atoms with Gasteiger partial charge in [0.25, 0.3) is 0 Å². The standard InChI is InChI=1S/C27H42N2O/c1-7-8-11-26(30)21-28(18-16-22(2)3)20-25-10-9-17-29(25)19-23-12-14-24(15-13-23)27(4,5)6/h7,9-10,12-15,17,22,26,30H,1,8,11,16,18-21H2,2-6H3/p+1/t26-/m1/s1. The minimum atomic E-state index is -0.265. The molecule has 2 aromatic rings. The molecule has 0 radical (unpaired) electrons. The number of hydrogen-bond donors (Lipinski definition) is 2. The normalized spacial score (nSPS) is 14.1. The first-order chi connectivity index (χ1) is 14.2. The van der Waals surface area contributed by atoms with Gasteiger partial charge in [0, 0.05) is 12.7 Å². The fourth-order valence-corrected chi connectivity index (χ4v) is 3.83. The van der Waals surface area contributed by atoms with Crippen LogP contribution in [-0.4, -0.2) is 28.9 Å². The van der Waals surface area contributed by atoms with Crippen LogP contribution in [0, 0.1) is 5.92 Å². The van der Waals surface area contributed by atoms with Crippen LogP contribution in [0.4, 0.5) is 0 Å². The number of nitrogens with zero attached hydrogens (tertiary/aromatic N) is 1. The predicted octanol–water partition coefficient (Wildman–Crippen LogP) is 4.59. The van der Waals surface area contributed by atoms with E-state index in [2.05, 4.69) is 88.4 Å². The summed E-state index contributed by atoms with van der Waals surface area (Å²) in [6.45, 7) is 18.8. The Labute approximate surface area is 184 Å². The molecule has 0 bridgehead atoms. The first-order valence-corrected chi connectivity index (χ1v) is 11.5. The van der Waals surface area contributed by atoms with E-state index >= 15 is 0 Å². The molecular weight excluding hydrogens is 368 g/mol. The van der Waals surface area contributed by atoms with Crippen LogP contribution >= 0.6 is 0 Å². The summed E-state index contributed by atoms with van der Waals surface area (Å²) in [4.78, 5) is 1.46. The zero-order valence-corrected chi connectivity index (χ0v) is 19.8. The lowest BCUT2D eigenvalue weighted by atomic mass is 9.87. The second kappa shape index (κ2) is 11.5. The molecule has 30 heavy (non-hydrogen) atoms. The van der Waals surface area contributed by atoms with Crippen molar-refractivity contribution >= 4 is 0 Å². The van der Waals surface area contributed by atoms with E-state index in [4.69, 9.17) is 0 Å². The molecule has 1 aromatic heterocycles. The molecule has 2 N–H and O–H groups in total. The Morgan fingerprint density at radius 3 is 2.40 bits per heavy atom. The third-order valence-corrected chi connectivity index (χ3v) is 5.83. The van der Waals surface area contributed by atoms with E-state index in [1.165, 1.54) is 28.1 Å². The number of aliphatic hydroxyl groups excluding tert-OH is 1. The molecule has 0 saturated carbocycles. The lowest BCUT2D eigenvalue weighted by molar-refractivity contribution is -0.917. The van der Waals surface area contributed by atoms with Crippen molar-refractivity contribution in [2.45, 2.75) is 78.5 Å². The van der Waals surface area contributed by atoms with Crippen molar-refractivity contribution in [1.82, 2.24) is 4.57 Å². The molecule has 0 spiro atoms. The van der Waals surface area contributed by atoms with Crippen molar-refractivity contribution in [3.8, 4) is 0 Å². The van der Waals surface area contributed by atoms with Crippen LogP contribution in [0.25, 0.3) is 0 Å². The van der Waals surface area contributed by atoms with E-state index in [0.29, 0.717) is 5.92 Å². The predicted molar refractivity (Wildman–Crippen MR) is 128 cm³/mol. The van der Waals surface area contributed by atoms with Gasteiger partial charge < -0.3 is 14.6 Å². The van der Waals surface area contributed by atoms with Gasteiger partial charge in [0.2, 0.25) is 0 Å². The van der Waals surface area contributed by atoms with Crippen molar-refractivity contribution in [2.75, 3.05) is 13.1 Å². The number of benzene rings is 1. The minimum Gasteiger partial charge on any atom is -0.387 e. The van der Waals surface area contributed by atoms with Gasteiger partial charge in [-0.2, -0.15) is 0 Å². The molecule has 166 valence electrons. The van der Waals surface area contributed by atoms with Crippen LogP contribution in [0.2, 0.25) is 0 Å². The Kier molecular flexibility index (Phi) is 9.38. The van der Waals surface area contributed by atoms with Crippen LogP contribution in [0.1, 0.15) is 70.7 Å². The summed E-state index contributed by atoms with van der Waals surface area (Å²) in [5, 5.41) is 10.5. The summed E-state index contributed by atoms with van der Waals surface area (Å²) in [5.41, 5.74) is 4.22. The fourth-order valence-electron chi connectivity index (χ4n) is 3.83. The smallest absolute Gasteiger partial charge is 0.118 e. The summed E-state index contributed by atoms with van der Waals surface area (Å²) in [5.74, 6) is 0.679. The Morgan fingerprint density at radius 2 is 1.80 bits per heavy atom. The van der Waals surface area contributed by atoms with Gasteiger partial charge in [0.15, 0.2) is 0 Å². The monoisotopic (exact) mass is 411 g/mol. The van der Waals surface area contributed by atoms with Crippen molar-refractivity contribution in [1.29, 1.82) is 0 Å². The summed E-state index contributed by atoms with van der Waals surface area (Å²) < 4.78 is 2.36. The first kappa shape index (κ1) is 24.4. The highest BCUT2D eigenvalue weighted by Crippen LogP contribution is 2.22. The van der Waals surface area contributed by atoms with E-state index < -0.39 is 0 Å². The Balaban J connectivity index is 2.06. The molecule has 0 saturated heterocycles. The second-order valence-corrected chi connectivity index (χ2v) is 10.2. The highest BCUT2D eigenvalue weighted by atomic mass is 16.3. The lowest BCUT2D eigenvalue weighted by Gasteiger charge is -2.24. The Hall–Kier alpha value is -1.84. The molecule has 0 amide bonds. The van der Waals surface area contributed by atoms with Crippen LogP contribution in [0.15, 0.2) is 55.3 Å². The maximum atomic E-state index is 10.5.